The van der Waals surface area contributed by atoms with Gasteiger partial charge >= 0.3 is 5.97 Å². The molecular formula is C76H151NO5. The summed E-state index contributed by atoms with van der Waals surface area (Å²) >= 11 is 0. The van der Waals surface area contributed by atoms with Crippen LogP contribution < -0.4 is 5.32 Å². The fraction of sp³-hybridized carbons (Fsp3) is 0.974. The summed E-state index contributed by atoms with van der Waals surface area (Å²) in [6.45, 7) is 5.02. The maximum absolute atomic E-state index is 12.6. The molecule has 0 heterocycles. The average molecular weight is 1160 g/mol. The van der Waals surface area contributed by atoms with Gasteiger partial charge in [0.2, 0.25) is 5.91 Å². The molecule has 0 aliphatic carbocycles. The number of nitrogens with one attached hydrogen (secondary N) is 1. The Morgan fingerprint density at radius 1 is 0.293 bits per heavy atom. The molecule has 0 aliphatic rings. The van der Waals surface area contributed by atoms with E-state index < -0.39 is 12.1 Å². The van der Waals surface area contributed by atoms with Crippen LogP contribution in [0.15, 0.2) is 0 Å². The molecule has 0 fully saturated rings. The Kier molecular flexibility index (Phi) is 71.3. The van der Waals surface area contributed by atoms with Crippen molar-refractivity contribution in [2.75, 3.05) is 13.2 Å². The minimum atomic E-state index is -0.662. The zero-order valence-corrected chi connectivity index (χ0v) is 56.3. The lowest BCUT2D eigenvalue weighted by atomic mass is 10.0. The van der Waals surface area contributed by atoms with Gasteiger partial charge in [-0.15, -0.1) is 0 Å². The smallest absolute Gasteiger partial charge is 0.305 e. The predicted octanol–water partition coefficient (Wildman–Crippen LogP) is 24.9. The topological polar surface area (TPSA) is 95.9 Å². The molecule has 490 valence electrons. The third kappa shape index (κ3) is 68.0. The van der Waals surface area contributed by atoms with Gasteiger partial charge in [0.15, 0.2) is 0 Å². The van der Waals surface area contributed by atoms with E-state index >= 15 is 0 Å². The lowest BCUT2D eigenvalue weighted by Crippen LogP contribution is -2.45. The van der Waals surface area contributed by atoms with Crippen LogP contribution in [0.25, 0.3) is 0 Å². The standard InChI is InChI=1S/C76H151NO5/c1-3-5-7-9-11-13-15-17-19-20-21-22-31-34-37-41-44-48-52-56-60-64-68-74(79)73(72-78)77-75(80)69-65-61-57-53-49-45-42-38-35-32-29-27-25-23-24-26-28-30-33-36-39-43-47-51-55-59-63-67-71-82-76(81)70-66-62-58-54-50-46-40-18-16-14-12-10-8-6-4-2/h73-74,78-79H,3-72H2,1-2H3,(H,77,80). The Balaban J connectivity index is 3.33. The summed E-state index contributed by atoms with van der Waals surface area (Å²) in [6.07, 6.45) is 88.9. The molecule has 6 heteroatoms. The second-order valence-electron chi connectivity index (χ2n) is 26.7. The van der Waals surface area contributed by atoms with Gasteiger partial charge in [0.25, 0.3) is 0 Å². The van der Waals surface area contributed by atoms with Crippen LogP contribution in [0.2, 0.25) is 0 Å². The molecule has 0 aromatic carbocycles. The number of ether oxygens (including phenoxy) is 1. The van der Waals surface area contributed by atoms with Crippen molar-refractivity contribution in [2.45, 2.75) is 463 Å². The summed E-state index contributed by atoms with van der Waals surface area (Å²) in [4.78, 5) is 24.7. The highest BCUT2D eigenvalue weighted by Gasteiger charge is 2.20. The van der Waals surface area contributed by atoms with Crippen molar-refractivity contribution in [1.82, 2.24) is 5.32 Å². The van der Waals surface area contributed by atoms with E-state index in [-0.39, 0.29) is 18.5 Å². The zero-order valence-electron chi connectivity index (χ0n) is 56.3. The van der Waals surface area contributed by atoms with E-state index in [2.05, 4.69) is 19.2 Å². The number of unbranched alkanes of at least 4 members (excludes halogenated alkanes) is 62. The molecule has 0 radical (unpaired) electrons. The SMILES string of the molecule is CCCCCCCCCCCCCCCCCCCCCCCCC(O)C(CO)NC(=O)CCCCCCCCCCCCCCCCCCCCCCCCCCCCCCOC(=O)CCCCCCCCCCCCCCCCC. The van der Waals surface area contributed by atoms with Crippen molar-refractivity contribution in [3.05, 3.63) is 0 Å². The summed E-state index contributed by atoms with van der Waals surface area (Å²) in [5, 5.41) is 23.5. The number of aliphatic hydroxyl groups excluding tert-OH is 2. The first-order valence-corrected chi connectivity index (χ1v) is 38.3. The van der Waals surface area contributed by atoms with Crippen LogP contribution in [-0.4, -0.2) is 47.4 Å². The summed E-state index contributed by atoms with van der Waals surface area (Å²) in [6, 6.07) is -0.539. The van der Waals surface area contributed by atoms with Gasteiger partial charge in [-0.1, -0.05) is 412 Å². The Labute approximate surface area is 515 Å². The molecule has 6 nitrogen and oxygen atoms in total. The Morgan fingerprint density at radius 2 is 0.500 bits per heavy atom. The van der Waals surface area contributed by atoms with E-state index in [0.29, 0.717) is 25.9 Å². The van der Waals surface area contributed by atoms with Crippen molar-refractivity contribution in [3.63, 3.8) is 0 Å². The van der Waals surface area contributed by atoms with Crippen molar-refractivity contribution in [3.8, 4) is 0 Å². The van der Waals surface area contributed by atoms with Crippen LogP contribution in [0.1, 0.15) is 450 Å². The third-order valence-corrected chi connectivity index (χ3v) is 18.4. The number of carbonyl (C=O) groups is 2. The number of esters is 1. The summed E-state index contributed by atoms with van der Waals surface area (Å²) in [5.74, 6) is -0.00241. The Morgan fingerprint density at radius 3 is 0.744 bits per heavy atom. The molecule has 2 atom stereocenters. The van der Waals surface area contributed by atoms with Crippen LogP contribution in [-0.2, 0) is 14.3 Å². The first kappa shape index (κ1) is 80.9. The number of amides is 1. The van der Waals surface area contributed by atoms with Crippen LogP contribution in [0.4, 0.5) is 0 Å². The van der Waals surface area contributed by atoms with Gasteiger partial charge in [0, 0.05) is 12.8 Å². The minimum Gasteiger partial charge on any atom is -0.466 e. The van der Waals surface area contributed by atoms with Gasteiger partial charge in [-0.2, -0.15) is 0 Å². The molecule has 0 bridgehead atoms. The second-order valence-corrected chi connectivity index (χ2v) is 26.7. The lowest BCUT2D eigenvalue weighted by molar-refractivity contribution is -0.143. The van der Waals surface area contributed by atoms with Crippen molar-refractivity contribution in [1.29, 1.82) is 0 Å². The Bertz CT molecular complexity index is 1200. The highest BCUT2D eigenvalue weighted by molar-refractivity contribution is 5.76. The molecule has 0 spiro atoms. The average Bonchev–Trinajstić information content (AvgIpc) is 3.48. The fourth-order valence-corrected chi connectivity index (χ4v) is 12.6. The summed E-state index contributed by atoms with van der Waals surface area (Å²) < 4.78 is 5.51. The van der Waals surface area contributed by atoms with E-state index in [9.17, 15) is 19.8 Å². The zero-order chi connectivity index (χ0) is 59.2. The van der Waals surface area contributed by atoms with E-state index in [1.165, 1.54) is 379 Å². The number of rotatable bonds is 73. The van der Waals surface area contributed by atoms with Gasteiger partial charge in [-0.25, -0.2) is 0 Å². The molecule has 0 aromatic heterocycles. The molecule has 0 saturated heterocycles. The number of hydrogen-bond acceptors (Lipinski definition) is 5. The second kappa shape index (κ2) is 72.3. The van der Waals surface area contributed by atoms with E-state index in [4.69, 9.17) is 4.74 Å². The molecule has 0 aliphatic heterocycles. The Hall–Kier alpha value is -1.14. The van der Waals surface area contributed by atoms with E-state index in [1.807, 2.05) is 0 Å². The largest absolute Gasteiger partial charge is 0.466 e. The van der Waals surface area contributed by atoms with Crippen molar-refractivity contribution in [2.24, 2.45) is 0 Å². The van der Waals surface area contributed by atoms with Crippen LogP contribution in [0.3, 0.4) is 0 Å². The quantitative estimate of drug-likeness (QED) is 0.0417. The first-order chi connectivity index (χ1) is 40.5. The monoisotopic (exact) mass is 1160 g/mol. The molecule has 0 aromatic rings. The van der Waals surface area contributed by atoms with Crippen LogP contribution >= 0.6 is 0 Å². The predicted molar refractivity (Wildman–Crippen MR) is 361 cm³/mol. The van der Waals surface area contributed by atoms with E-state index in [1.54, 1.807) is 0 Å². The normalized spacial score (nSPS) is 12.4. The molecule has 3 N–H and O–H groups in total. The van der Waals surface area contributed by atoms with Gasteiger partial charge in [0.1, 0.15) is 0 Å². The van der Waals surface area contributed by atoms with Gasteiger partial charge in [0.05, 0.1) is 25.4 Å². The van der Waals surface area contributed by atoms with E-state index in [0.717, 1.165) is 38.5 Å². The van der Waals surface area contributed by atoms with Crippen molar-refractivity contribution >= 4 is 11.9 Å². The summed E-state index contributed by atoms with van der Waals surface area (Å²) in [7, 11) is 0. The lowest BCUT2D eigenvalue weighted by Gasteiger charge is -2.22. The van der Waals surface area contributed by atoms with Gasteiger partial charge in [-0.05, 0) is 25.7 Å². The molecule has 1 amide bonds. The van der Waals surface area contributed by atoms with Crippen molar-refractivity contribution < 1.29 is 24.5 Å². The summed E-state index contributed by atoms with van der Waals surface area (Å²) in [5.41, 5.74) is 0. The van der Waals surface area contributed by atoms with Gasteiger partial charge < -0.3 is 20.3 Å². The number of carbonyl (C=O) groups excluding carboxylic acids is 2. The maximum Gasteiger partial charge on any atom is 0.305 e. The number of aliphatic hydroxyl groups is 2. The molecule has 82 heavy (non-hydrogen) atoms. The molecular weight excluding hydrogens is 1010 g/mol. The number of hydrogen-bond donors (Lipinski definition) is 3. The molecule has 0 rings (SSSR count). The maximum atomic E-state index is 12.6. The van der Waals surface area contributed by atoms with Crippen LogP contribution in [0.5, 0.6) is 0 Å². The third-order valence-electron chi connectivity index (χ3n) is 18.4. The first-order valence-electron chi connectivity index (χ1n) is 38.3. The highest BCUT2D eigenvalue weighted by atomic mass is 16.5. The molecule has 2 unspecified atom stereocenters. The molecule has 0 saturated carbocycles. The fourth-order valence-electron chi connectivity index (χ4n) is 12.6. The van der Waals surface area contributed by atoms with Gasteiger partial charge in [-0.3, -0.25) is 9.59 Å². The minimum absolute atomic E-state index is 0.0233. The highest BCUT2D eigenvalue weighted by Crippen LogP contribution is 2.20. The van der Waals surface area contributed by atoms with Crippen LogP contribution in [0, 0.1) is 0 Å².